The summed E-state index contributed by atoms with van der Waals surface area (Å²) in [6.45, 7) is 9.76. The van der Waals surface area contributed by atoms with Crippen molar-refractivity contribution in [2.75, 3.05) is 45.9 Å². The number of hydrogen-bond donors (Lipinski definition) is 2. The molecule has 0 spiro atoms. The van der Waals surface area contributed by atoms with E-state index in [-0.39, 0.29) is 29.1 Å². The van der Waals surface area contributed by atoms with Gasteiger partial charge in [-0.25, -0.2) is 4.39 Å². The van der Waals surface area contributed by atoms with Crippen LogP contribution in [-0.2, 0) is 16.6 Å². The van der Waals surface area contributed by atoms with Crippen LogP contribution in [0.5, 0.6) is 11.5 Å². The van der Waals surface area contributed by atoms with E-state index in [0.29, 0.717) is 50.0 Å². The summed E-state index contributed by atoms with van der Waals surface area (Å²) in [6, 6.07) is 11.0. The lowest BCUT2D eigenvalue weighted by Crippen LogP contribution is -2.51. The summed E-state index contributed by atoms with van der Waals surface area (Å²) in [4.78, 5) is 18.6. The maximum Gasteiger partial charge on any atom is 0.180 e. The summed E-state index contributed by atoms with van der Waals surface area (Å²) in [5, 5.41) is 17.1. The topological polar surface area (TPSA) is 89.7 Å². The highest BCUT2D eigenvalue weighted by Crippen LogP contribution is 2.41. The second kappa shape index (κ2) is 17.2. The first-order valence-electron chi connectivity index (χ1n) is 16.7. The van der Waals surface area contributed by atoms with E-state index >= 15 is 0 Å². The number of rotatable bonds is 17. The molecule has 0 amide bonds. The quantitative estimate of drug-likeness (QED) is 0.175. The maximum atomic E-state index is 14.6. The third-order valence-electron chi connectivity index (χ3n) is 9.58. The van der Waals surface area contributed by atoms with Crippen molar-refractivity contribution in [1.82, 2.24) is 9.80 Å². The van der Waals surface area contributed by atoms with Crippen molar-refractivity contribution in [2.24, 2.45) is 0 Å². The van der Waals surface area contributed by atoms with E-state index in [1.165, 1.54) is 50.5 Å². The fourth-order valence-corrected chi connectivity index (χ4v) is 7.23. The number of ether oxygens (including phenoxy) is 2. The van der Waals surface area contributed by atoms with Gasteiger partial charge in [-0.1, -0.05) is 43.0 Å². The van der Waals surface area contributed by atoms with E-state index in [0.717, 1.165) is 38.3 Å². The van der Waals surface area contributed by atoms with Crippen LogP contribution in [-0.4, -0.2) is 79.5 Å². The number of halogens is 2. The summed E-state index contributed by atoms with van der Waals surface area (Å²) in [7, 11) is 0. The van der Waals surface area contributed by atoms with Crippen molar-refractivity contribution in [3.63, 3.8) is 0 Å². The lowest BCUT2D eigenvalue weighted by molar-refractivity contribution is -0.112. The fraction of sp³-hybridized carbons (Fsp3) is 0.583. The summed E-state index contributed by atoms with van der Waals surface area (Å²) in [5.74, 6) is 0.300. The van der Waals surface area contributed by atoms with Crippen molar-refractivity contribution in [3.8, 4) is 11.5 Å². The van der Waals surface area contributed by atoms with Gasteiger partial charge in [-0.3, -0.25) is 9.69 Å². The Bertz CT molecular complexity index is 1270. The number of nitrogens with zero attached hydrogens (tertiary/aromatic N) is 2. The van der Waals surface area contributed by atoms with Gasteiger partial charge in [0.1, 0.15) is 5.82 Å². The molecule has 0 aromatic heterocycles. The van der Waals surface area contributed by atoms with Gasteiger partial charge in [0.15, 0.2) is 17.3 Å². The second-order valence-electron chi connectivity index (χ2n) is 12.4. The molecule has 0 unspecified atom stereocenters. The zero-order valence-corrected chi connectivity index (χ0v) is 27.8. The van der Waals surface area contributed by atoms with Crippen LogP contribution >= 0.6 is 11.6 Å². The first-order chi connectivity index (χ1) is 21.8. The van der Waals surface area contributed by atoms with Gasteiger partial charge >= 0.3 is 0 Å². The van der Waals surface area contributed by atoms with Crippen molar-refractivity contribution in [3.05, 3.63) is 58.4 Å². The molecule has 1 heterocycles. The van der Waals surface area contributed by atoms with Crippen LogP contribution in [0.25, 0.3) is 0 Å². The molecule has 2 aromatic carbocycles. The second-order valence-corrected chi connectivity index (χ2v) is 12.8. The minimum absolute atomic E-state index is 0.0618. The Morgan fingerprint density at radius 3 is 2.40 bits per heavy atom. The molecular weight excluding hydrogens is 591 g/mol. The first kappa shape index (κ1) is 35.1. The van der Waals surface area contributed by atoms with Crippen LogP contribution in [0.4, 0.5) is 4.39 Å². The van der Waals surface area contributed by atoms with Crippen LogP contribution in [0.2, 0.25) is 5.02 Å². The van der Waals surface area contributed by atoms with Crippen LogP contribution in [0.15, 0.2) is 36.4 Å². The van der Waals surface area contributed by atoms with Crippen LogP contribution in [0.1, 0.15) is 82.8 Å². The first-order valence-corrected chi connectivity index (χ1v) is 17.1. The van der Waals surface area contributed by atoms with Crippen LogP contribution < -0.4 is 9.47 Å². The van der Waals surface area contributed by atoms with E-state index < -0.39 is 17.0 Å². The van der Waals surface area contributed by atoms with E-state index in [2.05, 4.69) is 9.80 Å². The summed E-state index contributed by atoms with van der Waals surface area (Å²) in [6.07, 6.45) is 9.76. The molecule has 2 fully saturated rings. The minimum atomic E-state index is -0.611. The fourth-order valence-electron chi connectivity index (χ4n) is 7.00. The predicted molar refractivity (Wildman–Crippen MR) is 180 cm³/mol. The predicted octanol–water partition coefficient (Wildman–Crippen LogP) is 7.51. The molecule has 2 aliphatic rings. The van der Waals surface area contributed by atoms with Crippen molar-refractivity contribution in [1.29, 1.82) is 10.8 Å². The van der Waals surface area contributed by atoms with Gasteiger partial charge in [-0.05, 0) is 88.5 Å². The highest BCUT2D eigenvalue weighted by Gasteiger charge is 2.36. The van der Waals surface area contributed by atoms with Crippen molar-refractivity contribution in [2.45, 2.75) is 89.5 Å². The number of benzene rings is 2. The maximum absolute atomic E-state index is 14.6. The molecule has 7 nitrogen and oxygen atoms in total. The number of carbonyl (C=O) groups is 1. The third-order valence-corrected chi connectivity index (χ3v) is 9.93. The number of ketones is 1. The zero-order valence-electron chi connectivity index (χ0n) is 27.0. The number of hydrogen-bond acceptors (Lipinski definition) is 7. The lowest BCUT2D eigenvalue weighted by atomic mass is 9.69. The Morgan fingerprint density at radius 1 is 1.02 bits per heavy atom. The molecule has 1 aliphatic carbocycles. The summed E-state index contributed by atoms with van der Waals surface area (Å²) >= 11 is 6.24. The van der Waals surface area contributed by atoms with Crippen LogP contribution in [0, 0.1) is 16.6 Å². The molecule has 0 bridgehead atoms. The highest BCUT2D eigenvalue weighted by molar-refractivity contribution is 6.40. The molecule has 45 heavy (non-hydrogen) atoms. The average Bonchev–Trinajstić information content (AvgIpc) is 3.05. The molecule has 1 saturated carbocycles. The molecule has 246 valence electrons. The van der Waals surface area contributed by atoms with Crippen molar-refractivity contribution >= 4 is 29.3 Å². The van der Waals surface area contributed by atoms with E-state index in [1.807, 2.05) is 32.0 Å². The van der Waals surface area contributed by atoms with Gasteiger partial charge in [-0.2, -0.15) is 0 Å². The Labute approximate surface area is 273 Å². The SMILES string of the molecule is CCOc1ccc([C@@](CCC=N)(CCN2CCN(C3CCCCC3)CC2)CC(=N)C(=O)Cc2c(F)cccc2Cl)cc1OCC. The number of Topliss-reactive ketones (excluding diaryl/α,β-unsaturated/α-hetero) is 1. The van der Waals surface area contributed by atoms with Gasteiger partial charge in [0, 0.05) is 61.1 Å². The Kier molecular flexibility index (Phi) is 13.4. The standard InChI is InChI=1S/C36H50ClFN4O3/c1-3-44-34-15-14-27(24-35(34)45-4-2)36(16-9-18-39,26-32(40)33(43)25-29-30(37)12-8-13-31(29)38)17-19-41-20-22-42(23-21-41)28-10-6-5-7-11-28/h8,12-15,18,24,28,39-40H,3-7,9-11,16-17,19-23,25-26H2,1-2H3/t36-/m0/s1. The van der Waals surface area contributed by atoms with E-state index in [4.69, 9.17) is 31.9 Å². The summed E-state index contributed by atoms with van der Waals surface area (Å²) < 4.78 is 26.4. The van der Waals surface area contributed by atoms with Gasteiger partial charge in [0.25, 0.3) is 0 Å². The number of nitrogens with one attached hydrogen (secondary N) is 2. The van der Waals surface area contributed by atoms with Crippen molar-refractivity contribution < 1.29 is 18.7 Å². The van der Waals surface area contributed by atoms with Gasteiger partial charge in [-0.15, -0.1) is 0 Å². The number of carbonyl (C=O) groups excluding carboxylic acids is 1. The largest absolute Gasteiger partial charge is 0.490 e. The van der Waals surface area contributed by atoms with E-state index in [9.17, 15) is 9.18 Å². The molecule has 0 radical (unpaired) electrons. The van der Waals surface area contributed by atoms with Gasteiger partial charge in [0.2, 0.25) is 0 Å². The Balaban J connectivity index is 1.59. The molecule has 4 rings (SSSR count). The normalized spacial score (nSPS) is 17.9. The molecule has 9 heteroatoms. The average molecular weight is 641 g/mol. The molecule has 1 aliphatic heterocycles. The molecule has 2 N–H and O–H groups in total. The van der Waals surface area contributed by atoms with Gasteiger partial charge < -0.3 is 25.2 Å². The minimum Gasteiger partial charge on any atom is -0.490 e. The Morgan fingerprint density at radius 2 is 1.73 bits per heavy atom. The molecule has 2 aromatic rings. The zero-order chi connectivity index (χ0) is 32.2. The molecule has 1 atom stereocenters. The third kappa shape index (κ3) is 9.36. The number of piperazine rings is 1. The Hall–Kier alpha value is -2.81. The smallest absolute Gasteiger partial charge is 0.180 e. The van der Waals surface area contributed by atoms with Crippen LogP contribution in [0.3, 0.4) is 0 Å². The lowest BCUT2D eigenvalue weighted by Gasteiger charge is -2.42. The molecular formula is C36H50ClFN4O3. The van der Waals surface area contributed by atoms with E-state index in [1.54, 1.807) is 6.07 Å². The molecule has 1 saturated heterocycles. The summed E-state index contributed by atoms with van der Waals surface area (Å²) in [5.41, 5.74) is 0.404. The monoisotopic (exact) mass is 640 g/mol. The highest BCUT2D eigenvalue weighted by atomic mass is 35.5. The van der Waals surface area contributed by atoms with Gasteiger partial charge in [0.05, 0.1) is 18.9 Å².